The largest absolute Gasteiger partial charge is 0.345 e. The van der Waals surface area contributed by atoms with E-state index < -0.39 is 10.0 Å². The molecule has 0 aliphatic carbocycles. The molecule has 11 heteroatoms. The number of hydrogen-bond donors (Lipinski definition) is 0. The molecule has 31 heavy (non-hydrogen) atoms. The Hall–Kier alpha value is -2.79. The molecule has 1 fully saturated rings. The second-order valence-corrected chi connectivity index (χ2v) is 10.0. The van der Waals surface area contributed by atoms with Crippen molar-refractivity contribution >= 4 is 21.8 Å². The maximum absolute atomic E-state index is 12.6. The molecule has 10 nitrogen and oxygen atoms in total. The van der Waals surface area contributed by atoms with Gasteiger partial charge in [0.2, 0.25) is 10.0 Å². The van der Waals surface area contributed by atoms with Gasteiger partial charge in [-0.25, -0.2) is 22.2 Å². The number of imide groups is 1. The van der Waals surface area contributed by atoms with Gasteiger partial charge in [-0.2, -0.15) is 5.10 Å². The van der Waals surface area contributed by atoms with Crippen molar-refractivity contribution in [2.45, 2.75) is 31.7 Å². The van der Waals surface area contributed by atoms with Crippen molar-refractivity contribution < 1.29 is 18.0 Å². The Bertz CT molecular complexity index is 1160. The highest BCUT2D eigenvalue weighted by atomic mass is 32.2. The lowest BCUT2D eigenvalue weighted by molar-refractivity contribution is 0.0650. The number of benzene rings is 1. The summed E-state index contributed by atoms with van der Waals surface area (Å²) in [5.41, 5.74) is 0.504. The number of aryl methyl sites for hydroxylation is 1. The van der Waals surface area contributed by atoms with E-state index in [1.165, 1.54) is 24.7 Å². The highest BCUT2D eigenvalue weighted by molar-refractivity contribution is 7.88. The standard InChI is InChI=1S/C20H25N5O5S/c1-22-17(14-7-5-10-23(13-14)31(2,29)30)21-25(20(22)28)12-6-11-24-18(26)15-8-3-4-9-16(15)19(24)27/h3-4,8-9,14H,5-7,10-13H2,1-2H3. The van der Waals surface area contributed by atoms with Gasteiger partial charge in [0.1, 0.15) is 5.82 Å². The van der Waals surface area contributed by atoms with Gasteiger partial charge in [-0.3, -0.25) is 19.1 Å². The van der Waals surface area contributed by atoms with Gasteiger partial charge in [0.15, 0.2) is 0 Å². The monoisotopic (exact) mass is 447 g/mol. The fourth-order valence-electron chi connectivity index (χ4n) is 4.28. The molecule has 1 unspecified atom stereocenters. The van der Waals surface area contributed by atoms with Crippen LogP contribution in [-0.2, 0) is 23.6 Å². The van der Waals surface area contributed by atoms with Crippen LogP contribution in [0.3, 0.4) is 0 Å². The predicted octanol–water partition coefficient (Wildman–Crippen LogP) is 0.407. The van der Waals surface area contributed by atoms with Crippen LogP contribution in [0.1, 0.15) is 51.7 Å². The molecular weight excluding hydrogens is 422 g/mol. The molecule has 2 aliphatic rings. The maximum atomic E-state index is 12.6. The van der Waals surface area contributed by atoms with Gasteiger partial charge in [-0.05, 0) is 31.4 Å². The molecule has 1 aromatic heterocycles. The molecule has 4 rings (SSSR count). The lowest BCUT2D eigenvalue weighted by atomic mass is 9.99. The fraction of sp³-hybridized carbons (Fsp3) is 0.500. The second-order valence-electron chi connectivity index (χ2n) is 8.04. The van der Waals surface area contributed by atoms with E-state index in [4.69, 9.17) is 0 Å². The zero-order chi connectivity index (χ0) is 22.3. The molecule has 2 amide bonds. The summed E-state index contributed by atoms with van der Waals surface area (Å²) in [5, 5.41) is 4.45. The second kappa shape index (κ2) is 8.04. The number of aromatic nitrogens is 3. The van der Waals surface area contributed by atoms with Crippen molar-refractivity contribution in [2.75, 3.05) is 25.9 Å². The Morgan fingerprint density at radius 2 is 1.71 bits per heavy atom. The molecule has 0 radical (unpaired) electrons. The summed E-state index contributed by atoms with van der Waals surface area (Å²) in [4.78, 5) is 38.7. The van der Waals surface area contributed by atoms with E-state index >= 15 is 0 Å². The summed E-state index contributed by atoms with van der Waals surface area (Å²) in [6.07, 6.45) is 3.04. The molecule has 0 N–H and O–H groups in total. The smallest absolute Gasteiger partial charge is 0.282 e. The van der Waals surface area contributed by atoms with E-state index in [1.807, 2.05) is 0 Å². The molecule has 1 aromatic carbocycles. The van der Waals surface area contributed by atoms with Crippen molar-refractivity contribution in [1.29, 1.82) is 0 Å². The first-order valence-corrected chi connectivity index (χ1v) is 12.1. The van der Waals surface area contributed by atoms with Gasteiger partial charge in [0.25, 0.3) is 11.8 Å². The molecule has 1 saturated heterocycles. The fourth-order valence-corrected chi connectivity index (χ4v) is 5.19. The first-order valence-electron chi connectivity index (χ1n) is 10.2. The van der Waals surface area contributed by atoms with Crippen LogP contribution in [0, 0.1) is 0 Å². The van der Waals surface area contributed by atoms with E-state index in [2.05, 4.69) is 5.10 Å². The van der Waals surface area contributed by atoms with Crippen LogP contribution in [0.15, 0.2) is 29.1 Å². The molecule has 0 spiro atoms. The molecule has 3 heterocycles. The van der Waals surface area contributed by atoms with Gasteiger partial charge >= 0.3 is 5.69 Å². The number of rotatable bonds is 6. The van der Waals surface area contributed by atoms with Crippen LogP contribution in [0.2, 0.25) is 0 Å². The predicted molar refractivity (Wildman–Crippen MR) is 112 cm³/mol. The molecule has 166 valence electrons. The maximum Gasteiger partial charge on any atom is 0.345 e. The Morgan fingerprint density at radius 1 is 1.06 bits per heavy atom. The summed E-state index contributed by atoms with van der Waals surface area (Å²) in [6.45, 7) is 1.22. The molecule has 2 aliphatic heterocycles. The third-order valence-electron chi connectivity index (χ3n) is 5.92. The van der Waals surface area contributed by atoms with E-state index in [1.54, 1.807) is 31.3 Å². The third-order valence-corrected chi connectivity index (χ3v) is 7.19. The number of fused-ring (bicyclic) bond motifs is 1. The highest BCUT2D eigenvalue weighted by Gasteiger charge is 2.35. The zero-order valence-corrected chi connectivity index (χ0v) is 18.3. The Labute approximate surface area is 180 Å². The van der Waals surface area contributed by atoms with Crippen molar-refractivity contribution in [3.63, 3.8) is 0 Å². The van der Waals surface area contributed by atoms with E-state index in [0.29, 0.717) is 42.9 Å². The normalized spacial score (nSPS) is 19.8. The number of nitrogens with zero attached hydrogens (tertiary/aromatic N) is 5. The van der Waals surface area contributed by atoms with Crippen LogP contribution in [0.4, 0.5) is 0 Å². The van der Waals surface area contributed by atoms with E-state index in [-0.39, 0.29) is 36.5 Å². The lowest BCUT2D eigenvalue weighted by Crippen LogP contribution is -2.39. The SMILES string of the molecule is Cn1c(C2CCCN(S(C)(=O)=O)C2)nn(CCCN2C(=O)c3ccccc3C2=O)c1=O. The highest BCUT2D eigenvalue weighted by Crippen LogP contribution is 2.26. The van der Waals surface area contributed by atoms with Crippen molar-refractivity contribution in [1.82, 2.24) is 23.6 Å². The summed E-state index contributed by atoms with van der Waals surface area (Å²) in [5.74, 6) is -0.242. The molecule has 0 bridgehead atoms. The number of carbonyl (C=O) groups excluding carboxylic acids is 2. The first kappa shape index (κ1) is 21.4. The number of hydrogen-bond acceptors (Lipinski definition) is 6. The van der Waals surface area contributed by atoms with Crippen LogP contribution in [0.5, 0.6) is 0 Å². The van der Waals surface area contributed by atoms with Crippen LogP contribution in [-0.4, -0.2) is 69.7 Å². The van der Waals surface area contributed by atoms with Crippen molar-refractivity contribution in [3.8, 4) is 0 Å². The summed E-state index contributed by atoms with van der Waals surface area (Å²) < 4.78 is 28.0. The van der Waals surface area contributed by atoms with Crippen LogP contribution < -0.4 is 5.69 Å². The van der Waals surface area contributed by atoms with E-state index in [9.17, 15) is 22.8 Å². The van der Waals surface area contributed by atoms with Gasteiger partial charge in [-0.1, -0.05) is 12.1 Å². The van der Waals surface area contributed by atoms with Gasteiger partial charge in [0, 0.05) is 39.1 Å². The Morgan fingerprint density at radius 3 is 2.32 bits per heavy atom. The third kappa shape index (κ3) is 3.94. The zero-order valence-electron chi connectivity index (χ0n) is 17.5. The van der Waals surface area contributed by atoms with Crippen LogP contribution in [0.25, 0.3) is 0 Å². The average Bonchev–Trinajstić information content (AvgIpc) is 3.16. The summed E-state index contributed by atoms with van der Waals surface area (Å²) in [6, 6.07) is 6.71. The minimum atomic E-state index is -3.30. The minimum Gasteiger partial charge on any atom is -0.282 e. The lowest BCUT2D eigenvalue weighted by Gasteiger charge is -2.30. The molecule has 0 saturated carbocycles. The molecule has 1 atom stereocenters. The number of sulfonamides is 1. The minimum absolute atomic E-state index is 0.154. The number of piperidine rings is 1. The van der Waals surface area contributed by atoms with Gasteiger partial charge < -0.3 is 0 Å². The summed E-state index contributed by atoms with van der Waals surface area (Å²) in [7, 11) is -1.67. The average molecular weight is 448 g/mol. The first-order chi connectivity index (χ1) is 14.7. The topological polar surface area (TPSA) is 115 Å². The van der Waals surface area contributed by atoms with Gasteiger partial charge in [0.05, 0.1) is 17.4 Å². The van der Waals surface area contributed by atoms with Crippen LogP contribution >= 0.6 is 0 Å². The number of amides is 2. The van der Waals surface area contributed by atoms with E-state index in [0.717, 1.165) is 6.42 Å². The summed E-state index contributed by atoms with van der Waals surface area (Å²) >= 11 is 0. The quantitative estimate of drug-likeness (QED) is 0.593. The molecular formula is C20H25N5O5S. The van der Waals surface area contributed by atoms with Crippen molar-refractivity contribution in [2.24, 2.45) is 7.05 Å². The van der Waals surface area contributed by atoms with Crippen molar-refractivity contribution in [3.05, 3.63) is 51.7 Å². The Balaban J connectivity index is 1.43. The molecule has 2 aromatic rings. The Kier molecular flexibility index (Phi) is 5.56. The number of carbonyl (C=O) groups is 2. The van der Waals surface area contributed by atoms with Gasteiger partial charge in [-0.15, -0.1) is 0 Å².